The molecule has 0 fully saturated rings. The van der Waals surface area contributed by atoms with Crippen LogP contribution in [0.1, 0.15) is 44.0 Å². The Hall–Kier alpha value is -1.12. The lowest BCUT2D eigenvalue weighted by atomic mass is 9.94. The topological polar surface area (TPSA) is 12.0 Å². The van der Waals surface area contributed by atoms with Crippen LogP contribution >= 0.6 is 15.9 Å². The van der Waals surface area contributed by atoms with Gasteiger partial charge in [-0.1, -0.05) is 78.3 Å². The molecule has 0 saturated heterocycles. The molecule has 0 saturated carbocycles. The Kier molecular flexibility index (Phi) is 5.38. The number of halogens is 1. The fourth-order valence-corrected chi connectivity index (χ4v) is 3.15. The smallest absolute Gasteiger partial charge is 0.0348 e. The van der Waals surface area contributed by atoms with Gasteiger partial charge in [-0.3, -0.25) is 0 Å². The second-order valence-electron chi connectivity index (χ2n) is 5.54. The third kappa shape index (κ3) is 3.71. The Bertz CT molecular complexity index is 536. The van der Waals surface area contributed by atoms with Gasteiger partial charge in [0, 0.05) is 16.6 Å². The van der Waals surface area contributed by atoms with E-state index in [0.29, 0.717) is 18.0 Å². The van der Waals surface area contributed by atoms with Gasteiger partial charge in [0.2, 0.25) is 0 Å². The van der Waals surface area contributed by atoms with E-state index in [1.54, 1.807) is 0 Å². The van der Waals surface area contributed by atoms with Gasteiger partial charge >= 0.3 is 0 Å². The second-order valence-corrected chi connectivity index (χ2v) is 6.40. The summed E-state index contributed by atoms with van der Waals surface area (Å²) >= 11 is 3.64. The van der Waals surface area contributed by atoms with Gasteiger partial charge in [0.15, 0.2) is 0 Å². The van der Waals surface area contributed by atoms with Crippen molar-refractivity contribution in [1.29, 1.82) is 0 Å². The van der Waals surface area contributed by atoms with Crippen LogP contribution in [0, 0.1) is 5.92 Å². The van der Waals surface area contributed by atoms with Crippen LogP contribution in [-0.2, 0) is 0 Å². The van der Waals surface area contributed by atoms with E-state index in [1.165, 1.54) is 11.1 Å². The molecule has 1 N–H and O–H groups in total. The molecule has 0 aliphatic rings. The van der Waals surface area contributed by atoms with E-state index in [0.717, 1.165) is 4.47 Å². The van der Waals surface area contributed by atoms with Crippen LogP contribution < -0.4 is 5.32 Å². The second kappa shape index (κ2) is 7.05. The third-order valence-corrected chi connectivity index (χ3v) is 4.35. The van der Waals surface area contributed by atoms with E-state index in [-0.39, 0.29) is 0 Å². The van der Waals surface area contributed by atoms with Crippen molar-refractivity contribution in [1.82, 2.24) is 5.32 Å². The normalized spacial score (nSPS) is 14.2. The van der Waals surface area contributed by atoms with Crippen LogP contribution in [0.2, 0.25) is 0 Å². The molecule has 0 aliphatic heterocycles. The van der Waals surface area contributed by atoms with Crippen LogP contribution in [0.3, 0.4) is 0 Å². The zero-order chi connectivity index (χ0) is 14.5. The van der Waals surface area contributed by atoms with Gasteiger partial charge in [0.25, 0.3) is 0 Å². The van der Waals surface area contributed by atoms with Crippen molar-refractivity contribution in [2.45, 2.75) is 32.9 Å². The lowest BCUT2D eigenvalue weighted by Crippen LogP contribution is -2.28. The highest BCUT2D eigenvalue weighted by atomic mass is 79.9. The number of rotatable bonds is 5. The summed E-state index contributed by atoms with van der Waals surface area (Å²) in [5.74, 6) is 0.544. The Morgan fingerprint density at radius 1 is 0.850 bits per heavy atom. The standard InChI is InChI=1S/C18H22BrN/c1-13(2)18(15-9-5-4-6-10-15)20-14(3)16-11-7-8-12-17(16)19/h4-14,18,20H,1-3H3. The summed E-state index contributed by atoms with van der Waals surface area (Å²) in [6.45, 7) is 6.74. The van der Waals surface area contributed by atoms with Crippen molar-refractivity contribution in [3.8, 4) is 0 Å². The Balaban J connectivity index is 2.19. The molecular formula is C18H22BrN. The maximum Gasteiger partial charge on any atom is 0.0348 e. The molecule has 2 atom stereocenters. The van der Waals surface area contributed by atoms with Crippen molar-refractivity contribution in [2.75, 3.05) is 0 Å². The summed E-state index contributed by atoms with van der Waals surface area (Å²) in [5.41, 5.74) is 2.65. The minimum atomic E-state index is 0.304. The van der Waals surface area contributed by atoms with E-state index < -0.39 is 0 Å². The molecule has 2 aromatic rings. The average Bonchev–Trinajstić information content (AvgIpc) is 2.45. The monoisotopic (exact) mass is 331 g/mol. The highest BCUT2D eigenvalue weighted by Crippen LogP contribution is 2.28. The largest absolute Gasteiger partial charge is 0.303 e. The van der Waals surface area contributed by atoms with Crippen LogP contribution in [0.25, 0.3) is 0 Å². The van der Waals surface area contributed by atoms with Crippen molar-refractivity contribution < 1.29 is 0 Å². The average molecular weight is 332 g/mol. The number of hydrogen-bond donors (Lipinski definition) is 1. The van der Waals surface area contributed by atoms with Gasteiger partial charge in [0.1, 0.15) is 0 Å². The molecule has 2 unspecified atom stereocenters. The van der Waals surface area contributed by atoms with Gasteiger partial charge < -0.3 is 5.32 Å². The maximum atomic E-state index is 3.76. The lowest BCUT2D eigenvalue weighted by Gasteiger charge is -2.27. The Morgan fingerprint density at radius 3 is 2.05 bits per heavy atom. The highest BCUT2D eigenvalue weighted by Gasteiger charge is 2.19. The fraction of sp³-hybridized carbons (Fsp3) is 0.333. The maximum absolute atomic E-state index is 3.76. The molecule has 2 rings (SSSR count). The van der Waals surface area contributed by atoms with E-state index in [2.05, 4.69) is 96.6 Å². The molecule has 0 radical (unpaired) electrons. The molecule has 106 valence electrons. The molecule has 1 nitrogen and oxygen atoms in total. The molecule has 20 heavy (non-hydrogen) atoms. The van der Waals surface area contributed by atoms with Gasteiger partial charge in [-0.05, 0) is 30.0 Å². The quantitative estimate of drug-likeness (QED) is 0.763. The van der Waals surface area contributed by atoms with Crippen molar-refractivity contribution in [3.05, 3.63) is 70.2 Å². The van der Waals surface area contributed by atoms with Gasteiger partial charge in [-0.25, -0.2) is 0 Å². The predicted molar refractivity (Wildman–Crippen MR) is 89.7 cm³/mol. The van der Waals surface area contributed by atoms with Crippen LogP contribution in [0.5, 0.6) is 0 Å². The first-order valence-electron chi connectivity index (χ1n) is 7.15. The van der Waals surface area contributed by atoms with Crippen molar-refractivity contribution >= 4 is 15.9 Å². The van der Waals surface area contributed by atoms with Gasteiger partial charge in [0.05, 0.1) is 0 Å². The lowest BCUT2D eigenvalue weighted by molar-refractivity contribution is 0.374. The molecule has 2 aromatic carbocycles. The molecule has 0 amide bonds. The minimum Gasteiger partial charge on any atom is -0.303 e. The highest BCUT2D eigenvalue weighted by molar-refractivity contribution is 9.10. The zero-order valence-corrected chi connectivity index (χ0v) is 13.9. The van der Waals surface area contributed by atoms with E-state index in [4.69, 9.17) is 0 Å². The number of nitrogens with one attached hydrogen (secondary N) is 1. The van der Waals surface area contributed by atoms with Gasteiger partial charge in [-0.2, -0.15) is 0 Å². The Labute approximate surface area is 130 Å². The summed E-state index contributed by atoms with van der Waals surface area (Å²) < 4.78 is 1.16. The predicted octanol–water partition coefficient (Wildman–Crippen LogP) is 5.50. The molecular weight excluding hydrogens is 310 g/mol. The van der Waals surface area contributed by atoms with Gasteiger partial charge in [-0.15, -0.1) is 0 Å². The molecule has 0 aromatic heterocycles. The summed E-state index contributed by atoms with van der Waals surface area (Å²) in [7, 11) is 0. The van der Waals surface area contributed by atoms with E-state index in [1.807, 2.05) is 0 Å². The SMILES string of the molecule is CC(NC(c1ccccc1)C(C)C)c1ccccc1Br. The molecule has 0 spiro atoms. The van der Waals surface area contributed by atoms with Crippen LogP contribution in [0.4, 0.5) is 0 Å². The first kappa shape index (κ1) is 15.3. The summed E-state index contributed by atoms with van der Waals surface area (Å²) in [6.07, 6.45) is 0. The molecule has 0 heterocycles. The summed E-state index contributed by atoms with van der Waals surface area (Å²) in [6, 6.07) is 19.8. The zero-order valence-electron chi connectivity index (χ0n) is 12.3. The van der Waals surface area contributed by atoms with E-state index in [9.17, 15) is 0 Å². The summed E-state index contributed by atoms with van der Waals surface area (Å²) in [5, 5.41) is 3.76. The number of benzene rings is 2. The number of hydrogen-bond acceptors (Lipinski definition) is 1. The first-order chi connectivity index (χ1) is 9.59. The van der Waals surface area contributed by atoms with E-state index >= 15 is 0 Å². The fourth-order valence-electron chi connectivity index (χ4n) is 2.52. The van der Waals surface area contributed by atoms with Crippen molar-refractivity contribution in [2.24, 2.45) is 5.92 Å². The third-order valence-electron chi connectivity index (χ3n) is 3.63. The van der Waals surface area contributed by atoms with Crippen LogP contribution in [-0.4, -0.2) is 0 Å². The summed E-state index contributed by atoms with van der Waals surface area (Å²) in [4.78, 5) is 0. The first-order valence-corrected chi connectivity index (χ1v) is 7.94. The van der Waals surface area contributed by atoms with Crippen molar-refractivity contribution in [3.63, 3.8) is 0 Å². The molecule has 0 aliphatic carbocycles. The van der Waals surface area contributed by atoms with Crippen LogP contribution in [0.15, 0.2) is 59.1 Å². The molecule has 0 bridgehead atoms. The minimum absolute atomic E-state index is 0.304. The molecule has 2 heteroatoms. The Morgan fingerprint density at radius 2 is 1.45 bits per heavy atom.